The summed E-state index contributed by atoms with van der Waals surface area (Å²) in [5.74, 6) is -0.158. The Balaban J connectivity index is 2.80. The molecule has 1 amide bonds. The fourth-order valence-electron chi connectivity index (χ4n) is 1.57. The number of rotatable bonds is 6. The van der Waals surface area contributed by atoms with Crippen LogP contribution in [-0.2, 0) is 9.53 Å². The van der Waals surface area contributed by atoms with Crippen molar-refractivity contribution in [2.75, 3.05) is 37.9 Å². The van der Waals surface area contributed by atoms with E-state index in [0.29, 0.717) is 12.4 Å². The van der Waals surface area contributed by atoms with Crippen molar-refractivity contribution < 1.29 is 14.3 Å². The maximum atomic E-state index is 11.6. The van der Waals surface area contributed by atoms with Gasteiger partial charge in [-0.25, -0.2) is 9.78 Å². The van der Waals surface area contributed by atoms with E-state index in [2.05, 4.69) is 15.0 Å². The molecule has 0 unspecified atom stereocenters. The predicted molar refractivity (Wildman–Crippen MR) is 76.6 cm³/mol. The summed E-state index contributed by atoms with van der Waals surface area (Å²) in [6, 6.07) is 1.51. The number of nitrogens with one attached hydrogen (secondary N) is 1. The fraction of sp³-hybridized carbons (Fsp3) is 0.462. The van der Waals surface area contributed by atoms with E-state index in [1.807, 2.05) is 6.92 Å². The minimum atomic E-state index is -0.532. The molecule has 7 heteroatoms. The number of nitrogens with zero attached hydrogens (tertiary/aromatic N) is 2. The Morgan fingerprint density at radius 1 is 1.50 bits per heavy atom. The van der Waals surface area contributed by atoms with Crippen molar-refractivity contribution in [3.63, 3.8) is 0 Å². The zero-order valence-corrected chi connectivity index (χ0v) is 12.0. The third kappa shape index (κ3) is 4.11. The van der Waals surface area contributed by atoms with Gasteiger partial charge in [-0.15, -0.1) is 0 Å². The molecule has 0 aliphatic carbocycles. The smallest absolute Gasteiger partial charge is 0.340 e. The second-order valence-corrected chi connectivity index (χ2v) is 4.33. The van der Waals surface area contributed by atoms with Crippen molar-refractivity contribution in [1.29, 1.82) is 0 Å². The second kappa shape index (κ2) is 7.32. The second-order valence-electron chi connectivity index (χ2n) is 4.33. The van der Waals surface area contributed by atoms with Gasteiger partial charge in [-0.3, -0.25) is 4.79 Å². The minimum Gasteiger partial charge on any atom is -0.465 e. The molecule has 1 aromatic heterocycles. The van der Waals surface area contributed by atoms with Crippen LogP contribution in [0, 0.1) is 0 Å². The molecule has 0 saturated carbocycles. The zero-order valence-electron chi connectivity index (χ0n) is 12.0. The van der Waals surface area contributed by atoms with Crippen LogP contribution in [0.5, 0.6) is 0 Å². The Labute approximate surface area is 118 Å². The number of likely N-dealkylation sites (N-methyl/N-ethyl adjacent to an activating group) is 1. The molecule has 0 spiro atoms. The number of carbonyl (C=O) groups excluding carboxylic acids is 2. The lowest BCUT2D eigenvalue weighted by molar-refractivity contribution is -0.119. The van der Waals surface area contributed by atoms with Gasteiger partial charge >= 0.3 is 5.97 Å². The van der Waals surface area contributed by atoms with E-state index in [9.17, 15) is 9.59 Å². The first-order valence-corrected chi connectivity index (χ1v) is 6.31. The molecule has 110 valence electrons. The van der Waals surface area contributed by atoms with E-state index in [0.717, 1.165) is 6.42 Å². The molecule has 0 saturated heterocycles. The van der Waals surface area contributed by atoms with Crippen LogP contribution < -0.4 is 16.0 Å². The summed E-state index contributed by atoms with van der Waals surface area (Å²) in [4.78, 5) is 28.9. The molecule has 0 aliphatic rings. The van der Waals surface area contributed by atoms with Gasteiger partial charge in [-0.2, -0.15) is 0 Å². The van der Waals surface area contributed by atoms with Crippen LogP contribution in [0.15, 0.2) is 12.3 Å². The standard InChI is InChI=1S/C13H20N4O3/c1-4-5-15-12(18)8-17(2)11-6-9(13(19)20-3)10(14)7-16-11/h6-7H,4-5,8,14H2,1-3H3,(H,15,18). The predicted octanol–water partition coefficient (Wildman–Crippen LogP) is 0.413. The number of hydrogen-bond donors (Lipinski definition) is 2. The lowest BCUT2D eigenvalue weighted by Crippen LogP contribution is -2.35. The number of amides is 1. The topological polar surface area (TPSA) is 97.5 Å². The monoisotopic (exact) mass is 280 g/mol. The number of ether oxygens (including phenoxy) is 1. The van der Waals surface area contributed by atoms with Gasteiger partial charge in [0.15, 0.2) is 0 Å². The van der Waals surface area contributed by atoms with Crippen molar-refractivity contribution in [1.82, 2.24) is 10.3 Å². The molecule has 1 heterocycles. The Bertz CT molecular complexity index is 491. The van der Waals surface area contributed by atoms with Gasteiger partial charge in [0.05, 0.1) is 31.1 Å². The van der Waals surface area contributed by atoms with E-state index in [4.69, 9.17) is 5.73 Å². The van der Waals surface area contributed by atoms with Gasteiger partial charge in [0, 0.05) is 13.6 Å². The van der Waals surface area contributed by atoms with Gasteiger partial charge in [-0.05, 0) is 12.5 Å². The van der Waals surface area contributed by atoms with Gasteiger partial charge in [0.1, 0.15) is 5.82 Å². The number of nitrogens with two attached hydrogens (primary N) is 1. The molecular formula is C13H20N4O3. The lowest BCUT2D eigenvalue weighted by Gasteiger charge is -2.18. The van der Waals surface area contributed by atoms with Crippen LogP contribution in [-0.4, -0.2) is 44.1 Å². The van der Waals surface area contributed by atoms with E-state index in [-0.39, 0.29) is 23.7 Å². The highest BCUT2D eigenvalue weighted by Crippen LogP contribution is 2.18. The number of pyridine rings is 1. The molecule has 1 rings (SSSR count). The van der Waals surface area contributed by atoms with E-state index in [1.165, 1.54) is 19.4 Å². The number of methoxy groups -OCH3 is 1. The van der Waals surface area contributed by atoms with Crippen molar-refractivity contribution >= 4 is 23.4 Å². The summed E-state index contributed by atoms with van der Waals surface area (Å²) in [6.45, 7) is 2.76. The molecule has 0 atom stereocenters. The third-order valence-electron chi connectivity index (χ3n) is 2.67. The molecule has 7 nitrogen and oxygen atoms in total. The van der Waals surface area contributed by atoms with Gasteiger partial charge in [-0.1, -0.05) is 6.92 Å². The Morgan fingerprint density at radius 2 is 2.20 bits per heavy atom. The lowest BCUT2D eigenvalue weighted by atomic mass is 10.2. The van der Waals surface area contributed by atoms with Crippen LogP contribution in [0.2, 0.25) is 0 Å². The number of hydrogen-bond acceptors (Lipinski definition) is 6. The fourth-order valence-corrected chi connectivity index (χ4v) is 1.57. The maximum absolute atomic E-state index is 11.6. The van der Waals surface area contributed by atoms with Crippen LogP contribution in [0.1, 0.15) is 23.7 Å². The summed E-state index contributed by atoms with van der Waals surface area (Å²) >= 11 is 0. The highest BCUT2D eigenvalue weighted by Gasteiger charge is 2.14. The Hall–Kier alpha value is -2.31. The number of carbonyl (C=O) groups is 2. The summed E-state index contributed by atoms with van der Waals surface area (Å²) in [7, 11) is 2.99. The van der Waals surface area contributed by atoms with Gasteiger partial charge in [0.2, 0.25) is 5.91 Å². The molecule has 0 radical (unpaired) electrons. The van der Waals surface area contributed by atoms with E-state index < -0.39 is 5.97 Å². The van der Waals surface area contributed by atoms with Crippen LogP contribution in [0.4, 0.5) is 11.5 Å². The number of anilines is 2. The molecule has 1 aromatic rings. The third-order valence-corrected chi connectivity index (χ3v) is 2.67. The summed E-state index contributed by atoms with van der Waals surface area (Å²) in [5.41, 5.74) is 6.15. The molecule has 0 bridgehead atoms. The Morgan fingerprint density at radius 3 is 2.80 bits per heavy atom. The summed E-state index contributed by atoms with van der Waals surface area (Å²) in [6.07, 6.45) is 2.25. The quantitative estimate of drug-likeness (QED) is 0.733. The molecule has 3 N–H and O–H groups in total. The van der Waals surface area contributed by atoms with Crippen molar-refractivity contribution in [2.45, 2.75) is 13.3 Å². The van der Waals surface area contributed by atoms with Crippen molar-refractivity contribution in [2.24, 2.45) is 0 Å². The first-order chi connectivity index (χ1) is 9.49. The molecular weight excluding hydrogens is 260 g/mol. The first kappa shape index (κ1) is 15.7. The van der Waals surface area contributed by atoms with E-state index in [1.54, 1.807) is 11.9 Å². The van der Waals surface area contributed by atoms with Gasteiger partial charge in [0.25, 0.3) is 0 Å². The van der Waals surface area contributed by atoms with Gasteiger partial charge < -0.3 is 20.7 Å². The number of esters is 1. The number of aromatic nitrogens is 1. The Kier molecular flexibility index (Phi) is 5.76. The normalized spacial score (nSPS) is 9.95. The number of nitrogen functional groups attached to an aromatic ring is 1. The van der Waals surface area contributed by atoms with Crippen molar-refractivity contribution in [3.8, 4) is 0 Å². The van der Waals surface area contributed by atoms with Crippen LogP contribution in [0.3, 0.4) is 0 Å². The maximum Gasteiger partial charge on any atom is 0.340 e. The molecule has 0 fully saturated rings. The van der Waals surface area contributed by atoms with E-state index >= 15 is 0 Å². The molecule has 0 aliphatic heterocycles. The summed E-state index contributed by atoms with van der Waals surface area (Å²) < 4.78 is 4.64. The SMILES string of the molecule is CCCNC(=O)CN(C)c1cc(C(=O)OC)c(N)cn1. The summed E-state index contributed by atoms with van der Waals surface area (Å²) in [5, 5.41) is 2.77. The highest BCUT2D eigenvalue weighted by molar-refractivity contribution is 5.95. The minimum absolute atomic E-state index is 0.104. The largest absolute Gasteiger partial charge is 0.465 e. The highest BCUT2D eigenvalue weighted by atomic mass is 16.5. The van der Waals surface area contributed by atoms with Crippen LogP contribution in [0.25, 0.3) is 0 Å². The average molecular weight is 280 g/mol. The molecule has 0 aromatic carbocycles. The average Bonchev–Trinajstić information content (AvgIpc) is 2.44. The first-order valence-electron chi connectivity index (χ1n) is 6.31. The zero-order chi connectivity index (χ0) is 15.1. The van der Waals surface area contributed by atoms with Crippen LogP contribution >= 0.6 is 0 Å². The molecule has 20 heavy (non-hydrogen) atoms. The van der Waals surface area contributed by atoms with Crippen molar-refractivity contribution in [3.05, 3.63) is 17.8 Å².